The van der Waals surface area contributed by atoms with Crippen LogP contribution >= 0.6 is 0 Å². The zero-order valence-electron chi connectivity index (χ0n) is 19.0. The minimum atomic E-state index is -0.159. The molecule has 0 amide bonds. The highest BCUT2D eigenvalue weighted by Crippen LogP contribution is 2.45. The number of rotatable bonds is 6. The van der Waals surface area contributed by atoms with Gasteiger partial charge in [-0.25, -0.2) is 9.37 Å². The normalized spacial score (nSPS) is 19.6. The lowest BCUT2D eigenvalue weighted by Gasteiger charge is -2.26. The number of methoxy groups -OCH3 is 1. The molecule has 2 aliphatic rings. The summed E-state index contributed by atoms with van der Waals surface area (Å²) in [5, 5.41) is 1.18. The van der Waals surface area contributed by atoms with Gasteiger partial charge >= 0.3 is 0 Å². The highest BCUT2D eigenvalue weighted by Gasteiger charge is 2.32. The molecule has 0 bridgehead atoms. The molecule has 3 nitrogen and oxygen atoms in total. The summed E-state index contributed by atoms with van der Waals surface area (Å²) in [7, 11) is 3.79. The monoisotopic (exact) mass is 418 g/mol. The van der Waals surface area contributed by atoms with E-state index in [1.54, 1.807) is 13.2 Å². The third kappa shape index (κ3) is 3.53. The van der Waals surface area contributed by atoms with Crippen molar-refractivity contribution >= 4 is 16.6 Å². The molecule has 162 valence electrons. The number of allylic oxidation sites excluding steroid dienone is 3. The summed E-state index contributed by atoms with van der Waals surface area (Å²) in [6.45, 7) is 13.4. The van der Waals surface area contributed by atoms with Crippen LogP contribution in [0.5, 0.6) is 0 Å². The lowest BCUT2D eigenvalue weighted by Crippen LogP contribution is -2.13. The van der Waals surface area contributed by atoms with Crippen molar-refractivity contribution in [3.63, 3.8) is 0 Å². The Hall–Kier alpha value is -2.72. The number of halogens is 1. The van der Waals surface area contributed by atoms with Crippen LogP contribution in [0.3, 0.4) is 0 Å². The van der Waals surface area contributed by atoms with Crippen LogP contribution in [-0.2, 0) is 17.7 Å². The van der Waals surface area contributed by atoms with E-state index in [2.05, 4.69) is 38.1 Å². The molecule has 1 aliphatic carbocycles. The Morgan fingerprint density at radius 2 is 2.10 bits per heavy atom. The van der Waals surface area contributed by atoms with E-state index in [4.69, 9.17) is 9.72 Å². The maximum atomic E-state index is 14.7. The van der Waals surface area contributed by atoms with E-state index in [0.29, 0.717) is 18.9 Å². The molecule has 2 aromatic rings. The molecule has 31 heavy (non-hydrogen) atoms. The molecule has 0 spiro atoms. The molecule has 0 saturated heterocycles. The van der Waals surface area contributed by atoms with E-state index in [9.17, 15) is 4.39 Å². The molecule has 4 heteroatoms. The second-order valence-electron chi connectivity index (χ2n) is 8.71. The van der Waals surface area contributed by atoms with Gasteiger partial charge < -0.3 is 9.64 Å². The molecule has 0 saturated carbocycles. The number of benzene rings is 1. The van der Waals surface area contributed by atoms with Gasteiger partial charge in [-0.2, -0.15) is 0 Å². The summed E-state index contributed by atoms with van der Waals surface area (Å²) in [4.78, 5) is 7.26. The van der Waals surface area contributed by atoms with E-state index < -0.39 is 0 Å². The predicted molar refractivity (Wildman–Crippen MR) is 127 cm³/mol. The maximum Gasteiger partial charge on any atom is 0.128 e. The Bertz CT molecular complexity index is 1140. The quantitative estimate of drug-likeness (QED) is 0.411. The second-order valence-corrected chi connectivity index (χ2v) is 8.71. The standard InChI is InChI=1S/C27H31FN2O/c1-7-9-19(18(8-2)15-31-6)12-24-27-21(14-30(24)5)25-16(3)10-11-20-17(4)22(28)13-23(29-27)26(20)25/h7-8,12-13,16H,1-2,9-11,14-15H2,3-6H3/b19-18+,24-12-/t16-/m0/s1. The average molecular weight is 419 g/mol. The summed E-state index contributed by atoms with van der Waals surface area (Å²) in [6.07, 6.45) is 8.59. The number of pyridine rings is 1. The molecule has 4 rings (SSSR count). The highest BCUT2D eigenvalue weighted by molar-refractivity contribution is 5.92. The van der Waals surface area contributed by atoms with Gasteiger partial charge in [0.1, 0.15) is 5.82 Å². The molecule has 2 heterocycles. The van der Waals surface area contributed by atoms with Crippen molar-refractivity contribution in [2.45, 2.75) is 45.6 Å². The van der Waals surface area contributed by atoms with Crippen LogP contribution in [0.25, 0.3) is 16.6 Å². The van der Waals surface area contributed by atoms with Gasteiger partial charge in [-0.15, -0.1) is 6.58 Å². The molecular formula is C27H31FN2O. The summed E-state index contributed by atoms with van der Waals surface area (Å²) < 4.78 is 20.1. The van der Waals surface area contributed by atoms with Crippen LogP contribution in [0.1, 0.15) is 53.6 Å². The van der Waals surface area contributed by atoms with Gasteiger partial charge in [0.2, 0.25) is 0 Å². The molecule has 0 unspecified atom stereocenters. The van der Waals surface area contributed by atoms with Crippen molar-refractivity contribution in [3.8, 4) is 0 Å². The van der Waals surface area contributed by atoms with Gasteiger partial charge in [0.15, 0.2) is 0 Å². The van der Waals surface area contributed by atoms with Crippen molar-refractivity contribution in [2.24, 2.45) is 0 Å². The summed E-state index contributed by atoms with van der Waals surface area (Å²) >= 11 is 0. The van der Waals surface area contributed by atoms with Gasteiger partial charge in [-0.05, 0) is 66.0 Å². The third-order valence-corrected chi connectivity index (χ3v) is 6.75. The summed E-state index contributed by atoms with van der Waals surface area (Å²) in [5.41, 5.74) is 9.50. The Morgan fingerprint density at radius 1 is 1.32 bits per heavy atom. The first-order valence-corrected chi connectivity index (χ1v) is 10.9. The first kappa shape index (κ1) is 21.5. The van der Waals surface area contributed by atoms with Crippen LogP contribution in [0.2, 0.25) is 0 Å². The van der Waals surface area contributed by atoms with Crippen molar-refractivity contribution in [1.82, 2.24) is 9.88 Å². The molecule has 1 aromatic carbocycles. The molecular weight excluding hydrogens is 387 g/mol. The number of ether oxygens (including phenoxy) is 1. The number of hydrogen-bond donors (Lipinski definition) is 0. The SMILES string of the molecule is C=CCC(/C=C1/c2nc3cc(F)c(C)c4c3c(c2CN1C)[C@@H](C)CC4)=C(/C=C)COC. The molecule has 0 radical (unpaired) electrons. The zero-order valence-corrected chi connectivity index (χ0v) is 19.0. The van der Waals surface area contributed by atoms with Gasteiger partial charge in [-0.3, -0.25) is 0 Å². The fraction of sp³-hybridized carbons (Fsp3) is 0.370. The Kier molecular flexibility index (Phi) is 5.85. The number of fused-ring (bicyclic) bond motifs is 2. The maximum absolute atomic E-state index is 14.7. The van der Waals surface area contributed by atoms with Crippen molar-refractivity contribution in [3.05, 3.63) is 82.4 Å². The first-order chi connectivity index (χ1) is 14.9. The van der Waals surface area contributed by atoms with Crippen LogP contribution < -0.4 is 0 Å². The van der Waals surface area contributed by atoms with E-state index in [1.807, 2.05) is 19.1 Å². The molecule has 1 aliphatic heterocycles. The topological polar surface area (TPSA) is 25.4 Å². The fourth-order valence-corrected chi connectivity index (χ4v) is 5.10. The third-order valence-electron chi connectivity index (χ3n) is 6.75. The van der Waals surface area contributed by atoms with Crippen LogP contribution in [0, 0.1) is 12.7 Å². The van der Waals surface area contributed by atoms with Crippen LogP contribution in [0.4, 0.5) is 4.39 Å². The highest BCUT2D eigenvalue weighted by atomic mass is 19.1. The summed E-state index contributed by atoms with van der Waals surface area (Å²) in [6, 6.07) is 1.62. The van der Waals surface area contributed by atoms with Crippen molar-refractivity contribution in [2.75, 3.05) is 20.8 Å². The zero-order chi connectivity index (χ0) is 22.3. The average Bonchev–Trinajstić information content (AvgIpc) is 3.05. The minimum Gasteiger partial charge on any atom is -0.380 e. The van der Waals surface area contributed by atoms with Gasteiger partial charge in [0.25, 0.3) is 0 Å². The lowest BCUT2D eigenvalue weighted by atomic mass is 9.79. The Balaban J connectivity index is 1.99. The van der Waals surface area contributed by atoms with Gasteiger partial charge in [0, 0.05) is 37.7 Å². The number of nitrogens with zero attached hydrogens (tertiary/aromatic N) is 2. The number of aromatic nitrogens is 1. The summed E-state index contributed by atoms with van der Waals surface area (Å²) in [5.74, 6) is 0.276. The van der Waals surface area contributed by atoms with Crippen molar-refractivity contribution < 1.29 is 9.13 Å². The first-order valence-electron chi connectivity index (χ1n) is 10.9. The second kappa shape index (κ2) is 8.43. The molecule has 0 fully saturated rings. The Morgan fingerprint density at radius 3 is 2.77 bits per heavy atom. The smallest absolute Gasteiger partial charge is 0.128 e. The number of hydrogen-bond acceptors (Lipinski definition) is 3. The number of aryl methyl sites for hydroxylation is 1. The fourth-order valence-electron chi connectivity index (χ4n) is 5.10. The van der Waals surface area contributed by atoms with Crippen LogP contribution in [0.15, 0.2) is 48.6 Å². The van der Waals surface area contributed by atoms with E-state index >= 15 is 0 Å². The lowest BCUT2D eigenvalue weighted by molar-refractivity contribution is 0.227. The molecule has 0 N–H and O–H groups in total. The predicted octanol–water partition coefficient (Wildman–Crippen LogP) is 6.22. The molecule has 1 atom stereocenters. The van der Waals surface area contributed by atoms with E-state index in [-0.39, 0.29) is 5.82 Å². The van der Waals surface area contributed by atoms with Crippen LogP contribution in [-0.4, -0.2) is 30.6 Å². The molecule has 1 aromatic heterocycles. The van der Waals surface area contributed by atoms with Gasteiger partial charge in [-0.1, -0.05) is 25.7 Å². The van der Waals surface area contributed by atoms with E-state index in [1.165, 1.54) is 16.5 Å². The van der Waals surface area contributed by atoms with Crippen molar-refractivity contribution in [1.29, 1.82) is 0 Å². The minimum absolute atomic E-state index is 0.159. The Labute approximate surface area is 184 Å². The van der Waals surface area contributed by atoms with Gasteiger partial charge in [0.05, 0.1) is 23.5 Å². The van der Waals surface area contributed by atoms with E-state index in [0.717, 1.165) is 58.6 Å². The largest absolute Gasteiger partial charge is 0.380 e.